The molecule has 0 radical (unpaired) electrons. The van der Waals surface area contributed by atoms with Gasteiger partial charge in [-0.25, -0.2) is 0 Å². The Kier molecular flexibility index (Phi) is 4.00. The van der Waals surface area contributed by atoms with E-state index in [-0.39, 0.29) is 23.5 Å². The molecule has 5 nitrogen and oxygen atoms in total. The van der Waals surface area contributed by atoms with E-state index in [0.29, 0.717) is 0 Å². The first-order chi connectivity index (χ1) is 9.63. The predicted molar refractivity (Wildman–Crippen MR) is 75.6 cm³/mol. The fourth-order valence-corrected chi connectivity index (χ4v) is 4.53. The number of hydrogen-bond acceptors (Lipinski definition) is 4. The van der Waals surface area contributed by atoms with E-state index in [0.717, 1.165) is 25.7 Å². The first kappa shape index (κ1) is 16.1. The lowest BCUT2D eigenvalue weighted by molar-refractivity contribution is -0.157. The Morgan fingerprint density at radius 1 is 1.19 bits per heavy atom. The lowest BCUT2D eigenvalue weighted by Gasteiger charge is -2.39. The fourth-order valence-electron chi connectivity index (χ4n) is 4.53. The fraction of sp³-hybridized carbons (Fsp3) is 0.812. The molecule has 2 saturated carbocycles. The van der Waals surface area contributed by atoms with Crippen molar-refractivity contribution in [3.05, 3.63) is 0 Å². The molecule has 0 aliphatic heterocycles. The summed E-state index contributed by atoms with van der Waals surface area (Å²) in [7, 11) is 0. The van der Waals surface area contributed by atoms with E-state index in [4.69, 9.17) is 0 Å². The maximum Gasteiger partial charge on any atom is 0.316 e. The molecule has 2 aliphatic rings. The highest BCUT2D eigenvalue weighted by molar-refractivity contribution is 6.03. The number of carboxylic acids is 1. The van der Waals surface area contributed by atoms with Crippen LogP contribution in [0.2, 0.25) is 0 Å². The molecule has 0 saturated heterocycles. The average molecular weight is 296 g/mol. The van der Waals surface area contributed by atoms with Crippen molar-refractivity contribution < 1.29 is 24.6 Å². The van der Waals surface area contributed by atoms with Crippen molar-refractivity contribution in [2.24, 2.45) is 22.7 Å². The monoisotopic (exact) mass is 296 g/mol. The van der Waals surface area contributed by atoms with Crippen LogP contribution in [0.3, 0.4) is 0 Å². The van der Waals surface area contributed by atoms with Gasteiger partial charge in [-0.05, 0) is 43.9 Å². The Hall–Kier alpha value is -1.23. The lowest BCUT2D eigenvalue weighted by atomic mass is 9.63. The highest BCUT2D eigenvalue weighted by Crippen LogP contribution is 2.66. The maximum atomic E-state index is 12.9. The predicted octanol–water partition coefficient (Wildman–Crippen LogP) is 1.81. The second-order valence-electron chi connectivity index (χ2n) is 7.19. The number of carbonyl (C=O) groups excluding carboxylic acids is 2. The zero-order valence-corrected chi connectivity index (χ0v) is 12.9. The van der Waals surface area contributed by atoms with Crippen LogP contribution in [0.4, 0.5) is 0 Å². The van der Waals surface area contributed by atoms with Crippen molar-refractivity contribution in [3.63, 3.8) is 0 Å². The SMILES string of the molecule is CC(=O)CC(O)[C@H](C(=O)O)C(=O)C1(C)C2CCC1(C)CC2. The Labute approximate surface area is 124 Å². The number of carbonyl (C=O) groups is 3. The molecule has 2 bridgehead atoms. The van der Waals surface area contributed by atoms with Crippen molar-refractivity contribution in [2.45, 2.75) is 59.0 Å². The van der Waals surface area contributed by atoms with Crippen molar-refractivity contribution in [1.29, 1.82) is 0 Å². The summed E-state index contributed by atoms with van der Waals surface area (Å²) in [6.07, 6.45) is 2.00. The van der Waals surface area contributed by atoms with Gasteiger partial charge in [-0.2, -0.15) is 0 Å². The summed E-state index contributed by atoms with van der Waals surface area (Å²) in [6, 6.07) is 0. The number of aliphatic hydroxyl groups is 1. The van der Waals surface area contributed by atoms with Crippen molar-refractivity contribution >= 4 is 17.5 Å². The smallest absolute Gasteiger partial charge is 0.316 e. The summed E-state index contributed by atoms with van der Waals surface area (Å²) in [6.45, 7) is 5.19. The van der Waals surface area contributed by atoms with Gasteiger partial charge in [0.05, 0.1) is 6.10 Å². The molecule has 0 spiro atoms. The quantitative estimate of drug-likeness (QED) is 0.729. The topological polar surface area (TPSA) is 91.7 Å². The number of aliphatic hydroxyl groups excluding tert-OH is 1. The second-order valence-corrected chi connectivity index (χ2v) is 7.19. The zero-order valence-electron chi connectivity index (χ0n) is 12.9. The van der Waals surface area contributed by atoms with Gasteiger partial charge in [0.15, 0.2) is 5.78 Å². The molecule has 0 aromatic rings. The summed E-state index contributed by atoms with van der Waals surface area (Å²) in [5.41, 5.74) is -0.883. The van der Waals surface area contributed by atoms with Gasteiger partial charge in [-0.1, -0.05) is 13.8 Å². The van der Waals surface area contributed by atoms with Crippen LogP contribution in [0.1, 0.15) is 52.9 Å². The molecule has 0 aromatic heterocycles. The molecule has 3 atom stereocenters. The van der Waals surface area contributed by atoms with E-state index in [1.165, 1.54) is 6.92 Å². The number of hydrogen-bond donors (Lipinski definition) is 2. The highest BCUT2D eigenvalue weighted by Gasteiger charge is 2.64. The summed E-state index contributed by atoms with van der Waals surface area (Å²) in [4.78, 5) is 35.6. The van der Waals surface area contributed by atoms with E-state index in [1.54, 1.807) is 0 Å². The van der Waals surface area contributed by atoms with Gasteiger partial charge < -0.3 is 10.2 Å². The van der Waals surface area contributed by atoms with Gasteiger partial charge in [0, 0.05) is 11.8 Å². The minimum Gasteiger partial charge on any atom is -0.481 e. The minimum atomic E-state index is -1.50. The van der Waals surface area contributed by atoms with Crippen LogP contribution in [0.15, 0.2) is 0 Å². The van der Waals surface area contributed by atoms with Crippen molar-refractivity contribution in [2.75, 3.05) is 0 Å². The molecule has 2 fully saturated rings. The highest BCUT2D eigenvalue weighted by atomic mass is 16.4. The van der Waals surface area contributed by atoms with Crippen LogP contribution < -0.4 is 0 Å². The van der Waals surface area contributed by atoms with E-state index in [1.807, 2.05) is 13.8 Å². The third kappa shape index (κ3) is 2.31. The number of aliphatic carboxylic acids is 1. The Balaban J connectivity index is 2.31. The van der Waals surface area contributed by atoms with Gasteiger partial charge >= 0.3 is 5.97 Å². The number of Topliss-reactive ketones (excluding diaryl/α,β-unsaturated/α-hetero) is 2. The summed E-state index contributed by atoms with van der Waals surface area (Å²) >= 11 is 0. The minimum absolute atomic E-state index is 0.182. The molecule has 2 aliphatic carbocycles. The number of ketones is 2. The van der Waals surface area contributed by atoms with E-state index >= 15 is 0 Å². The lowest BCUT2D eigenvalue weighted by Crippen LogP contribution is -2.48. The molecule has 2 unspecified atom stereocenters. The second kappa shape index (κ2) is 5.20. The third-order valence-corrected chi connectivity index (χ3v) is 6.10. The van der Waals surface area contributed by atoms with E-state index in [2.05, 4.69) is 0 Å². The molecule has 2 N–H and O–H groups in total. The molecule has 118 valence electrons. The number of fused-ring (bicyclic) bond motifs is 2. The Morgan fingerprint density at radius 3 is 2.05 bits per heavy atom. The van der Waals surface area contributed by atoms with Gasteiger partial charge in [0.2, 0.25) is 0 Å². The first-order valence-electron chi connectivity index (χ1n) is 7.58. The van der Waals surface area contributed by atoms with E-state index < -0.39 is 29.2 Å². The number of carboxylic acid groups (broad SMARTS) is 1. The molecule has 21 heavy (non-hydrogen) atoms. The van der Waals surface area contributed by atoms with E-state index in [9.17, 15) is 24.6 Å². The molecule has 0 aromatic carbocycles. The zero-order chi connectivity index (χ0) is 16.0. The van der Waals surface area contributed by atoms with Crippen LogP contribution in [-0.2, 0) is 14.4 Å². The summed E-state index contributed by atoms with van der Waals surface area (Å²) < 4.78 is 0. The van der Waals surface area contributed by atoms with Gasteiger partial charge in [-0.3, -0.25) is 14.4 Å². The van der Waals surface area contributed by atoms with Crippen LogP contribution in [0, 0.1) is 22.7 Å². The van der Waals surface area contributed by atoms with Gasteiger partial charge in [-0.15, -0.1) is 0 Å². The molecule has 0 heterocycles. The van der Waals surface area contributed by atoms with Crippen molar-refractivity contribution in [3.8, 4) is 0 Å². The largest absolute Gasteiger partial charge is 0.481 e. The Bertz CT molecular complexity index is 475. The standard InChI is InChI=1S/C16H24O5/c1-9(17)8-11(18)12(14(20)21)13(19)16(3)10-4-6-15(16,2)7-5-10/h10-12,18H,4-8H2,1-3H3,(H,20,21)/t10?,11?,12-,15?,16?/m0/s1. The number of rotatable bonds is 6. The summed E-state index contributed by atoms with van der Waals surface area (Å²) in [5, 5.41) is 19.4. The van der Waals surface area contributed by atoms with Gasteiger partial charge in [0.25, 0.3) is 0 Å². The molecular weight excluding hydrogens is 272 g/mol. The first-order valence-corrected chi connectivity index (χ1v) is 7.58. The molecular formula is C16H24O5. The molecule has 0 amide bonds. The normalized spacial score (nSPS) is 37.2. The van der Waals surface area contributed by atoms with Crippen LogP contribution in [0.25, 0.3) is 0 Å². The van der Waals surface area contributed by atoms with Crippen LogP contribution in [-0.4, -0.2) is 33.9 Å². The van der Waals surface area contributed by atoms with Crippen molar-refractivity contribution in [1.82, 2.24) is 0 Å². The average Bonchev–Trinajstić information content (AvgIpc) is 2.75. The van der Waals surface area contributed by atoms with Gasteiger partial charge in [0.1, 0.15) is 11.7 Å². The third-order valence-electron chi connectivity index (χ3n) is 6.10. The summed E-state index contributed by atoms with van der Waals surface area (Å²) in [5.74, 6) is -3.35. The molecule has 5 heteroatoms. The van der Waals surface area contributed by atoms with Crippen LogP contribution in [0.5, 0.6) is 0 Å². The molecule has 2 rings (SSSR count). The Morgan fingerprint density at radius 2 is 1.71 bits per heavy atom. The maximum absolute atomic E-state index is 12.9. The van der Waals surface area contributed by atoms with Crippen LogP contribution >= 0.6 is 0 Å².